The van der Waals surface area contributed by atoms with Crippen molar-refractivity contribution in [3.63, 3.8) is 0 Å². The van der Waals surface area contributed by atoms with E-state index in [9.17, 15) is 10.5 Å². The first-order chi connectivity index (χ1) is 15.5. The Kier molecular flexibility index (Phi) is 6.52. The van der Waals surface area contributed by atoms with E-state index in [-0.39, 0.29) is 11.3 Å². The van der Waals surface area contributed by atoms with Gasteiger partial charge >= 0.3 is 0 Å². The van der Waals surface area contributed by atoms with Gasteiger partial charge in [0.1, 0.15) is 0 Å². The summed E-state index contributed by atoms with van der Waals surface area (Å²) in [5.74, 6) is 4.32. The van der Waals surface area contributed by atoms with Crippen molar-refractivity contribution in [2.24, 2.45) is 46.8 Å². The fourth-order valence-electron chi connectivity index (χ4n) is 8.18. The van der Waals surface area contributed by atoms with Crippen molar-refractivity contribution in [1.29, 1.82) is 10.5 Å². The first kappa shape index (κ1) is 22.6. The normalized spacial score (nSPS) is 47.0. The molecular formula is C26H42N6. The minimum Gasteiger partial charge on any atom is -0.315 e. The maximum absolute atomic E-state index is 9.57. The maximum atomic E-state index is 9.57. The fourth-order valence-corrected chi connectivity index (χ4v) is 8.18. The molecule has 4 N–H and O–H groups in total. The Balaban J connectivity index is 1.26. The average molecular weight is 439 g/mol. The minimum absolute atomic E-state index is 0.194. The summed E-state index contributed by atoms with van der Waals surface area (Å²) in [6.45, 7) is 7.30. The molecule has 0 aromatic rings. The second-order valence-corrected chi connectivity index (χ2v) is 12.2. The number of nitrogens with zero attached hydrogens (tertiary/aromatic N) is 2. The smallest absolute Gasteiger partial charge is 0.0686 e. The van der Waals surface area contributed by atoms with Gasteiger partial charge in [-0.1, -0.05) is 0 Å². The second kappa shape index (κ2) is 9.22. The van der Waals surface area contributed by atoms with Gasteiger partial charge in [0.25, 0.3) is 0 Å². The Morgan fingerprint density at radius 3 is 2.31 bits per heavy atom. The van der Waals surface area contributed by atoms with Crippen LogP contribution in [-0.4, -0.2) is 37.8 Å². The Morgan fingerprint density at radius 1 is 0.781 bits per heavy atom. The number of piperidine rings is 2. The Labute approximate surface area is 194 Å². The predicted octanol–water partition coefficient (Wildman–Crippen LogP) is 2.94. The second-order valence-electron chi connectivity index (χ2n) is 12.2. The van der Waals surface area contributed by atoms with Crippen LogP contribution in [0.5, 0.6) is 0 Å². The molecule has 8 unspecified atom stereocenters. The van der Waals surface area contributed by atoms with Crippen LogP contribution in [0.2, 0.25) is 0 Å². The summed E-state index contributed by atoms with van der Waals surface area (Å²) < 4.78 is 0. The standard InChI is InChI=1S/C26H42N6/c1-26(2,15-28)20-6-3-17(4-7-20)25-24-21-10-18(19-9-16(11-27)12-29-13-19)5-8-22(21)30-14-23(24)31-32-25/h16-25,29-32H,3-10,12-14H2,1-2H3. The van der Waals surface area contributed by atoms with Gasteiger partial charge in [0, 0.05) is 31.2 Å². The third-order valence-electron chi connectivity index (χ3n) is 10.2. The zero-order chi connectivity index (χ0) is 22.3. The van der Waals surface area contributed by atoms with Crippen LogP contribution < -0.4 is 21.5 Å². The van der Waals surface area contributed by atoms with Crippen LogP contribution in [0.1, 0.15) is 65.2 Å². The highest BCUT2D eigenvalue weighted by molar-refractivity contribution is 5.08. The molecular weight excluding hydrogens is 396 g/mol. The molecule has 0 aromatic carbocycles. The van der Waals surface area contributed by atoms with E-state index in [1.54, 1.807) is 0 Å². The third kappa shape index (κ3) is 4.21. The molecule has 176 valence electrons. The summed E-state index contributed by atoms with van der Waals surface area (Å²) in [5, 5.41) is 26.5. The molecule has 6 heteroatoms. The molecule has 0 spiro atoms. The summed E-state index contributed by atoms with van der Waals surface area (Å²) in [4.78, 5) is 0. The summed E-state index contributed by atoms with van der Waals surface area (Å²) >= 11 is 0. The van der Waals surface area contributed by atoms with E-state index in [0.717, 1.165) is 43.8 Å². The molecule has 5 rings (SSSR count). The Hall–Kier alpha value is -1.18. The van der Waals surface area contributed by atoms with Gasteiger partial charge in [0.2, 0.25) is 0 Å². The minimum atomic E-state index is -0.194. The number of nitrogens with one attached hydrogen (secondary N) is 4. The van der Waals surface area contributed by atoms with Crippen LogP contribution in [0.3, 0.4) is 0 Å². The van der Waals surface area contributed by atoms with Crippen LogP contribution in [0, 0.1) is 69.5 Å². The topological polar surface area (TPSA) is 95.7 Å². The molecule has 0 radical (unpaired) electrons. The summed E-state index contributed by atoms with van der Waals surface area (Å²) in [6.07, 6.45) is 9.91. The van der Waals surface area contributed by atoms with Gasteiger partial charge in [0.05, 0.1) is 23.5 Å². The highest BCUT2D eigenvalue weighted by Gasteiger charge is 2.52. The van der Waals surface area contributed by atoms with Gasteiger partial charge in [-0.25, -0.2) is 0 Å². The highest BCUT2D eigenvalue weighted by Crippen LogP contribution is 2.48. The van der Waals surface area contributed by atoms with E-state index >= 15 is 0 Å². The summed E-state index contributed by atoms with van der Waals surface area (Å²) in [7, 11) is 0. The lowest BCUT2D eigenvalue weighted by Gasteiger charge is -2.50. The zero-order valence-corrected chi connectivity index (χ0v) is 19.9. The molecule has 5 aliphatic rings. The zero-order valence-electron chi connectivity index (χ0n) is 19.9. The first-order valence-electron chi connectivity index (χ1n) is 13.3. The number of hydrogen-bond acceptors (Lipinski definition) is 6. The van der Waals surface area contributed by atoms with Crippen LogP contribution >= 0.6 is 0 Å². The van der Waals surface area contributed by atoms with E-state index in [2.05, 4.69) is 47.5 Å². The maximum Gasteiger partial charge on any atom is 0.0686 e. The Morgan fingerprint density at radius 2 is 1.56 bits per heavy atom. The average Bonchev–Trinajstić information content (AvgIpc) is 3.28. The quantitative estimate of drug-likeness (QED) is 0.541. The van der Waals surface area contributed by atoms with Gasteiger partial charge in [0.15, 0.2) is 0 Å². The molecule has 0 bridgehead atoms. The van der Waals surface area contributed by atoms with Gasteiger partial charge in [-0.3, -0.25) is 10.9 Å². The van der Waals surface area contributed by atoms with Crippen molar-refractivity contribution < 1.29 is 0 Å². The molecule has 5 fully saturated rings. The van der Waals surface area contributed by atoms with E-state index in [4.69, 9.17) is 0 Å². The first-order valence-corrected chi connectivity index (χ1v) is 13.3. The van der Waals surface area contributed by atoms with Crippen molar-refractivity contribution in [2.75, 3.05) is 19.6 Å². The molecule has 0 amide bonds. The number of nitriles is 2. The van der Waals surface area contributed by atoms with Crippen molar-refractivity contribution >= 4 is 0 Å². The molecule has 3 saturated heterocycles. The van der Waals surface area contributed by atoms with E-state index in [1.165, 1.54) is 44.9 Å². The van der Waals surface area contributed by atoms with Crippen LogP contribution in [-0.2, 0) is 0 Å². The summed E-state index contributed by atoms with van der Waals surface area (Å²) in [5.41, 5.74) is 7.26. The van der Waals surface area contributed by atoms with Crippen LogP contribution in [0.15, 0.2) is 0 Å². The van der Waals surface area contributed by atoms with E-state index in [1.807, 2.05) is 0 Å². The van der Waals surface area contributed by atoms with Gasteiger partial charge in [-0.05, 0) is 107 Å². The van der Waals surface area contributed by atoms with Crippen molar-refractivity contribution in [2.45, 2.75) is 83.3 Å². The molecule has 3 aliphatic heterocycles. The molecule has 2 aliphatic carbocycles. The fraction of sp³-hybridized carbons (Fsp3) is 0.923. The highest BCUT2D eigenvalue weighted by atomic mass is 15.4. The lowest BCUT2D eigenvalue weighted by molar-refractivity contribution is 0.0447. The van der Waals surface area contributed by atoms with Crippen molar-refractivity contribution in [3.8, 4) is 12.1 Å². The molecule has 8 atom stereocenters. The Bertz CT molecular complexity index is 744. The monoisotopic (exact) mass is 438 g/mol. The molecule has 0 aromatic heterocycles. The van der Waals surface area contributed by atoms with Crippen molar-refractivity contribution in [1.82, 2.24) is 21.5 Å². The summed E-state index contributed by atoms with van der Waals surface area (Å²) in [6, 6.07) is 6.84. The molecule has 6 nitrogen and oxygen atoms in total. The lowest BCUT2D eigenvalue weighted by atomic mass is 9.60. The number of fused-ring (bicyclic) bond motifs is 3. The van der Waals surface area contributed by atoms with E-state index < -0.39 is 0 Å². The lowest BCUT2D eigenvalue weighted by Crippen LogP contribution is -2.59. The number of hydrazine groups is 1. The van der Waals surface area contributed by atoms with Gasteiger partial charge < -0.3 is 10.6 Å². The molecule has 3 heterocycles. The molecule has 2 saturated carbocycles. The predicted molar refractivity (Wildman–Crippen MR) is 125 cm³/mol. The van der Waals surface area contributed by atoms with Crippen LogP contribution in [0.4, 0.5) is 0 Å². The van der Waals surface area contributed by atoms with Crippen molar-refractivity contribution in [3.05, 3.63) is 0 Å². The molecule has 32 heavy (non-hydrogen) atoms. The number of hydrogen-bond donors (Lipinski definition) is 4. The largest absolute Gasteiger partial charge is 0.315 e. The van der Waals surface area contributed by atoms with E-state index in [0.29, 0.717) is 35.9 Å². The van der Waals surface area contributed by atoms with Gasteiger partial charge in [-0.2, -0.15) is 10.5 Å². The SMILES string of the molecule is CC(C)(C#N)C1CCC(C2NNC3CNC4CCC(C5CNCC(C#N)C5)CC4C32)CC1. The van der Waals surface area contributed by atoms with Crippen LogP contribution in [0.25, 0.3) is 0 Å². The third-order valence-corrected chi connectivity index (χ3v) is 10.2. The number of rotatable bonds is 3. The van der Waals surface area contributed by atoms with Gasteiger partial charge in [-0.15, -0.1) is 0 Å².